The highest BCUT2D eigenvalue weighted by molar-refractivity contribution is 5.93. The van der Waals surface area contributed by atoms with Gasteiger partial charge in [0.25, 0.3) is 0 Å². The molecule has 2 heterocycles. The zero-order valence-electron chi connectivity index (χ0n) is 12.0. The fourth-order valence-corrected chi connectivity index (χ4v) is 3.14. The van der Waals surface area contributed by atoms with E-state index in [4.69, 9.17) is 0 Å². The number of para-hydroxylation sites is 1. The molecule has 1 amide bonds. The number of nitrogens with zero attached hydrogens (tertiary/aromatic N) is 2. The van der Waals surface area contributed by atoms with Crippen LogP contribution in [0.2, 0.25) is 0 Å². The van der Waals surface area contributed by atoms with Gasteiger partial charge >= 0.3 is 0 Å². The largest absolute Gasteiger partial charge is 0.326 e. The van der Waals surface area contributed by atoms with Crippen LogP contribution in [0.15, 0.2) is 42.7 Å². The molecule has 0 radical (unpaired) electrons. The summed E-state index contributed by atoms with van der Waals surface area (Å²) in [5.74, 6) is 0.0861. The maximum Gasteiger partial charge on any atom is 0.227 e. The molecule has 22 heavy (non-hydrogen) atoms. The Labute approximate surface area is 127 Å². The topological polar surface area (TPSA) is 70.7 Å². The van der Waals surface area contributed by atoms with Gasteiger partial charge in [-0.3, -0.25) is 9.89 Å². The van der Waals surface area contributed by atoms with Gasteiger partial charge in [-0.1, -0.05) is 18.2 Å². The Morgan fingerprint density at radius 3 is 2.95 bits per heavy atom. The maximum atomic E-state index is 12.4. The molecule has 1 aromatic carbocycles. The molecule has 0 spiro atoms. The summed E-state index contributed by atoms with van der Waals surface area (Å²) in [6, 6.07) is 9.60. The van der Waals surface area contributed by atoms with Gasteiger partial charge in [-0.2, -0.15) is 5.10 Å². The van der Waals surface area contributed by atoms with E-state index in [0.29, 0.717) is 0 Å². The lowest BCUT2D eigenvalue weighted by Gasteiger charge is -2.24. The number of aryl methyl sites for hydroxylation is 1. The van der Waals surface area contributed by atoms with Crippen molar-refractivity contribution in [1.82, 2.24) is 15.2 Å². The van der Waals surface area contributed by atoms with Crippen molar-refractivity contribution in [2.75, 3.05) is 5.32 Å². The number of aromatic amines is 1. The van der Waals surface area contributed by atoms with E-state index in [1.54, 1.807) is 0 Å². The van der Waals surface area contributed by atoms with Crippen LogP contribution in [-0.4, -0.2) is 21.1 Å². The summed E-state index contributed by atoms with van der Waals surface area (Å²) in [6.07, 6.45) is 6.18. The molecule has 0 saturated carbocycles. The van der Waals surface area contributed by atoms with Crippen molar-refractivity contribution in [3.63, 3.8) is 0 Å². The number of fused-ring (bicyclic) bond motifs is 3. The SMILES string of the molecule is O=C(Nc1ccccc1)C1CCc2c(cnc3[nH]ncc23)C1. The van der Waals surface area contributed by atoms with Crippen molar-refractivity contribution < 1.29 is 4.79 Å². The van der Waals surface area contributed by atoms with Crippen LogP contribution >= 0.6 is 0 Å². The van der Waals surface area contributed by atoms with Crippen molar-refractivity contribution in [3.8, 4) is 0 Å². The van der Waals surface area contributed by atoms with Gasteiger partial charge in [0.1, 0.15) is 0 Å². The molecular formula is C17H16N4O. The summed E-state index contributed by atoms with van der Waals surface area (Å²) in [6.45, 7) is 0. The second kappa shape index (κ2) is 5.26. The number of carbonyl (C=O) groups excluding carboxylic acids is 1. The lowest BCUT2D eigenvalue weighted by molar-refractivity contribution is -0.120. The van der Waals surface area contributed by atoms with E-state index in [1.807, 2.05) is 42.7 Å². The van der Waals surface area contributed by atoms with Crippen LogP contribution < -0.4 is 5.32 Å². The number of H-pyrrole nitrogens is 1. The van der Waals surface area contributed by atoms with Crippen molar-refractivity contribution in [2.45, 2.75) is 19.3 Å². The third kappa shape index (κ3) is 2.24. The first-order valence-electron chi connectivity index (χ1n) is 7.47. The molecule has 1 unspecified atom stereocenters. The molecule has 2 aromatic heterocycles. The Morgan fingerprint density at radius 1 is 1.23 bits per heavy atom. The van der Waals surface area contributed by atoms with Gasteiger partial charge in [0.05, 0.1) is 6.20 Å². The summed E-state index contributed by atoms with van der Waals surface area (Å²) in [4.78, 5) is 16.8. The molecule has 0 saturated heterocycles. The lowest BCUT2D eigenvalue weighted by Crippen LogP contribution is -2.28. The van der Waals surface area contributed by atoms with Crippen molar-refractivity contribution in [3.05, 3.63) is 53.9 Å². The predicted molar refractivity (Wildman–Crippen MR) is 84.5 cm³/mol. The van der Waals surface area contributed by atoms with Crippen molar-refractivity contribution >= 4 is 22.6 Å². The zero-order valence-corrected chi connectivity index (χ0v) is 12.0. The third-order valence-corrected chi connectivity index (χ3v) is 4.30. The van der Waals surface area contributed by atoms with Gasteiger partial charge in [0, 0.05) is 23.2 Å². The van der Waals surface area contributed by atoms with E-state index >= 15 is 0 Å². The average molecular weight is 292 g/mol. The Hall–Kier alpha value is -2.69. The van der Waals surface area contributed by atoms with Crippen LogP contribution in [0.4, 0.5) is 5.69 Å². The van der Waals surface area contributed by atoms with Crippen LogP contribution in [0.5, 0.6) is 0 Å². The number of carbonyl (C=O) groups is 1. The van der Waals surface area contributed by atoms with Gasteiger partial charge in [-0.25, -0.2) is 4.98 Å². The van der Waals surface area contributed by atoms with Crippen LogP contribution in [0.3, 0.4) is 0 Å². The smallest absolute Gasteiger partial charge is 0.227 e. The minimum atomic E-state index is -0.00106. The van der Waals surface area contributed by atoms with Crippen LogP contribution in [0, 0.1) is 5.92 Å². The number of hydrogen-bond donors (Lipinski definition) is 2. The van der Waals surface area contributed by atoms with Crippen molar-refractivity contribution in [2.24, 2.45) is 5.92 Å². The van der Waals surface area contributed by atoms with Crippen LogP contribution in [0.1, 0.15) is 17.5 Å². The fourth-order valence-electron chi connectivity index (χ4n) is 3.14. The quantitative estimate of drug-likeness (QED) is 0.763. The number of pyridine rings is 1. The molecule has 3 aromatic rings. The highest BCUT2D eigenvalue weighted by atomic mass is 16.1. The van der Waals surface area contributed by atoms with Crippen LogP contribution in [0.25, 0.3) is 11.0 Å². The van der Waals surface area contributed by atoms with E-state index in [2.05, 4.69) is 20.5 Å². The second-order valence-electron chi connectivity index (χ2n) is 5.69. The maximum absolute atomic E-state index is 12.4. The molecule has 0 aliphatic heterocycles. The van der Waals surface area contributed by atoms with Crippen molar-refractivity contribution in [1.29, 1.82) is 0 Å². The lowest BCUT2D eigenvalue weighted by atomic mass is 9.83. The third-order valence-electron chi connectivity index (χ3n) is 4.30. The molecule has 2 N–H and O–H groups in total. The number of amides is 1. The Bertz CT molecular complexity index is 825. The number of nitrogens with one attached hydrogen (secondary N) is 2. The molecule has 1 atom stereocenters. The number of rotatable bonds is 2. The number of aromatic nitrogens is 3. The predicted octanol–water partition coefficient (Wildman–Crippen LogP) is 2.70. The van der Waals surface area contributed by atoms with Gasteiger partial charge in [0.2, 0.25) is 5.91 Å². The number of anilines is 1. The molecule has 4 rings (SSSR count). The Kier molecular flexibility index (Phi) is 3.11. The summed E-state index contributed by atoms with van der Waals surface area (Å²) < 4.78 is 0. The van der Waals surface area contributed by atoms with E-state index in [-0.39, 0.29) is 11.8 Å². The average Bonchev–Trinajstić information content (AvgIpc) is 3.04. The molecule has 5 nitrogen and oxygen atoms in total. The van der Waals surface area contributed by atoms with Gasteiger partial charge in [-0.15, -0.1) is 0 Å². The highest BCUT2D eigenvalue weighted by Gasteiger charge is 2.26. The van der Waals surface area contributed by atoms with E-state index in [1.165, 1.54) is 5.56 Å². The summed E-state index contributed by atoms with van der Waals surface area (Å²) in [5, 5.41) is 11.0. The number of benzene rings is 1. The minimum Gasteiger partial charge on any atom is -0.326 e. The molecule has 1 aliphatic rings. The van der Waals surface area contributed by atoms with Gasteiger partial charge in [0.15, 0.2) is 5.65 Å². The summed E-state index contributed by atoms with van der Waals surface area (Å²) in [7, 11) is 0. The standard InChI is InChI=1S/C17H16N4O/c22-17(20-13-4-2-1-3-5-13)11-6-7-14-12(8-11)9-18-16-15(14)10-19-21-16/h1-5,9-11H,6-8H2,(H,20,22)(H,18,19,21). The molecule has 110 valence electrons. The van der Waals surface area contributed by atoms with Gasteiger partial charge in [-0.05, 0) is 42.5 Å². The van der Waals surface area contributed by atoms with E-state index in [9.17, 15) is 4.79 Å². The Balaban J connectivity index is 1.55. The van der Waals surface area contributed by atoms with E-state index < -0.39 is 0 Å². The normalized spacial score (nSPS) is 17.2. The zero-order chi connectivity index (χ0) is 14.9. The molecule has 0 fully saturated rings. The summed E-state index contributed by atoms with van der Waals surface area (Å²) in [5.41, 5.74) is 4.11. The fraction of sp³-hybridized carbons (Fsp3) is 0.235. The van der Waals surface area contributed by atoms with Gasteiger partial charge < -0.3 is 5.32 Å². The molecule has 0 bridgehead atoms. The monoisotopic (exact) mass is 292 g/mol. The summed E-state index contributed by atoms with van der Waals surface area (Å²) >= 11 is 0. The van der Waals surface area contributed by atoms with Crippen LogP contribution in [-0.2, 0) is 17.6 Å². The van der Waals surface area contributed by atoms with E-state index in [0.717, 1.165) is 41.5 Å². The molecular weight excluding hydrogens is 276 g/mol. The molecule has 1 aliphatic carbocycles. The first kappa shape index (κ1) is 13.0. The Morgan fingerprint density at radius 2 is 2.09 bits per heavy atom. The second-order valence-corrected chi connectivity index (χ2v) is 5.69. The first-order chi connectivity index (χ1) is 10.8. The first-order valence-corrected chi connectivity index (χ1v) is 7.47. The minimum absolute atomic E-state index is 0.00106. The number of hydrogen-bond acceptors (Lipinski definition) is 3. The molecule has 5 heteroatoms. The highest BCUT2D eigenvalue weighted by Crippen LogP contribution is 2.30.